The van der Waals surface area contributed by atoms with E-state index in [2.05, 4.69) is 9.97 Å². The number of methoxy groups -OCH3 is 1. The lowest BCUT2D eigenvalue weighted by Gasteiger charge is -2.12. The standard InChI is InChI=1S/C15H12F2N2O/c1-20-14(9-5-3-2-4-6-9)15-18-12-7-10(16)11(17)8-13(12)19-15/h2-8,14H,1H3,(H,18,19)/t14-/m0/s1. The Balaban J connectivity index is 2.09. The second-order valence-corrected chi connectivity index (χ2v) is 4.43. The molecule has 20 heavy (non-hydrogen) atoms. The molecule has 0 aliphatic heterocycles. The van der Waals surface area contributed by atoms with Crippen molar-refractivity contribution in [3.05, 3.63) is 65.5 Å². The first-order chi connectivity index (χ1) is 9.69. The number of H-pyrrole nitrogens is 1. The number of hydrogen-bond acceptors (Lipinski definition) is 2. The highest BCUT2D eigenvalue weighted by atomic mass is 19.2. The largest absolute Gasteiger partial charge is 0.369 e. The molecule has 0 saturated heterocycles. The molecular formula is C15H12F2N2O. The van der Waals surface area contributed by atoms with Gasteiger partial charge in [0, 0.05) is 19.2 Å². The molecule has 3 nitrogen and oxygen atoms in total. The first kappa shape index (κ1) is 12.7. The Hall–Kier alpha value is -2.27. The van der Waals surface area contributed by atoms with E-state index in [9.17, 15) is 8.78 Å². The van der Waals surface area contributed by atoms with E-state index in [1.165, 1.54) is 0 Å². The van der Waals surface area contributed by atoms with Gasteiger partial charge in [-0.15, -0.1) is 0 Å². The van der Waals surface area contributed by atoms with Crippen molar-refractivity contribution < 1.29 is 13.5 Å². The maximum atomic E-state index is 13.2. The first-order valence-corrected chi connectivity index (χ1v) is 6.11. The topological polar surface area (TPSA) is 37.9 Å². The van der Waals surface area contributed by atoms with Gasteiger partial charge in [0.05, 0.1) is 11.0 Å². The van der Waals surface area contributed by atoms with Gasteiger partial charge in [0.2, 0.25) is 0 Å². The van der Waals surface area contributed by atoms with E-state index in [0.29, 0.717) is 16.9 Å². The van der Waals surface area contributed by atoms with Crippen molar-refractivity contribution in [3.63, 3.8) is 0 Å². The third-order valence-electron chi connectivity index (χ3n) is 3.13. The average Bonchev–Trinajstić information content (AvgIpc) is 2.84. The van der Waals surface area contributed by atoms with E-state index in [1.54, 1.807) is 7.11 Å². The molecule has 1 N–H and O–H groups in total. The van der Waals surface area contributed by atoms with Gasteiger partial charge in [0.25, 0.3) is 0 Å². The number of aromatic amines is 1. The van der Waals surface area contributed by atoms with Crippen molar-refractivity contribution >= 4 is 11.0 Å². The van der Waals surface area contributed by atoms with Crippen LogP contribution in [-0.2, 0) is 4.74 Å². The third-order valence-corrected chi connectivity index (χ3v) is 3.13. The summed E-state index contributed by atoms with van der Waals surface area (Å²) in [5.74, 6) is -1.30. The molecule has 5 heteroatoms. The van der Waals surface area contributed by atoms with Gasteiger partial charge in [0.15, 0.2) is 11.6 Å². The van der Waals surface area contributed by atoms with Crippen molar-refractivity contribution in [2.45, 2.75) is 6.10 Å². The Morgan fingerprint density at radius 2 is 1.80 bits per heavy atom. The van der Waals surface area contributed by atoms with Gasteiger partial charge in [-0.1, -0.05) is 30.3 Å². The summed E-state index contributed by atoms with van der Waals surface area (Å²) in [4.78, 5) is 7.25. The SMILES string of the molecule is CO[C@@H](c1ccccc1)c1nc2cc(F)c(F)cc2[nH]1. The van der Waals surface area contributed by atoms with Crippen LogP contribution in [-0.4, -0.2) is 17.1 Å². The maximum absolute atomic E-state index is 13.2. The van der Waals surface area contributed by atoms with Crippen LogP contribution in [0.4, 0.5) is 8.78 Å². The summed E-state index contributed by atoms with van der Waals surface area (Å²) < 4.78 is 31.8. The van der Waals surface area contributed by atoms with Crippen LogP contribution < -0.4 is 0 Å². The zero-order chi connectivity index (χ0) is 14.1. The Morgan fingerprint density at radius 3 is 2.50 bits per heavy atom. The normalized spacial score (nSPS) is 12.8. The lowest BCUT2D eigenvalue weighted by atomic mass is 10.1. The summed E-state index contributed by atoms with van der Waals surface area (Å²) in [6.07, 6.45) is -0.408. The number of nitrogens with one attached hydrogen (secondary N) is 1. The van der Waals surface area contributed by atoms with Crippen LogP contribution in [0.3, 0.4) is 0 Å². The molecule has 0 amide bonds. The highest BCUT2D eigenvalue weighted by Gasteiger charge is 2.18. The van der Waals surface area contributed by atoms with E-state index in [4.69, 9.17) is 4.74 Å². The minimum Gasteiger partial charge on any atom is -0.369 e. The fourth-order valence-electron chi connectivity index (χ4n) is 2.18. The van der Waals surface area contributed by atoms with E-state index >= 15 is 0 Å². The van der Waals surface area contributed by atoms with Crippen molar-refractivity contribution in [1.29, 1.82) is 0 Å². The molecule has 0 aliphatic rings. The van der Waals surface area contributed by atoms with Gasteiger partial charge in [-0.25, -0.2) is 13.8 Å². The first-order valence-electron chi connectivity index (χ1n) is 6.11. The number of halogens is 2. The molecule has 102 valence electrons. The number of benzene rings is 2. The summed E-state index contributed by atoms with van der Waals surface area (Å²) >= 11 is 0. The van der Waals surface area contributed by atoms with E-state index < -0.39 is 17.7 Å². The fourth-order valence-corrected chi connectivity index (χ4v) is 2.18. The number of rotatable bonds is 3. The molecule has 0 fully saturated rings. The lowest BCUT2D eigenvalue weighted by molar-refractivity contribution is 0.130. The summed E-state index contributed by atoms with van der Waals surface area (Å²) in [5.41, 5.74) is 1.73. The molecule has 2 aromatic carbocycles. The van der Waals surface area contributed by atoms with Gasteiger partial charge >= 0.3 is 0 Å². The molecule has 1 atom stereocenters. The number of ether oxygens (including phenoxy) is 1. The predicted molar refractivity (Wildman–Crippen MR) is 71.3 cm³/mol. The van der Waals surface area contributed by atoms with Crippen LogP contribution in [0.5, 0.6) is 0 Å². The molecule has 3 rings (SSSR count). The predicted octanol–water partition coefficient (Wildman–Crippen LogP) is 3.58. The van der Waals surface area contributed by atoms with Gasteiger partial charge < -0.3 is 9.72 Å². The van der Waals surface area contributed by atoms with Crippen molar-refractivity contribution in [3.8, 4) is 0 Å². The quantitative estimate of drug-likeness (QED) is 0.792. The monoisotopic (exact) mass is 274 g/mol. The fraction of sp³-hybridized carbons (Fsp3) is 0.133. The van der Waals surface area contributed by atoms with Crippen molar-refractivity contribution in [1.82, 2.24) is 9.97 Å². The highest BCUT2D eigenvalue weighted by molar-refractivity contribution is 5.75. The van der Waals surface area contributed by atoms with Crippen molar-refractivity contribution in [2.24, 2.45) is 0 Å². The number of nitrogens with zero attached hydrogens (tertiary/aromatic N) is 1. The van der Waals surface area contributed by atoms with Crippen molar-refractivity contribution in [2.75, 3.05) is 7.11 Å². The molecule has 1 aromatic heterocycles. The number of hydrogen-bond donors (Lipinski definition) is 1. The molecular weight excluding hydrogens is 262 g/mol. The molecule has 0 radical (unpaired) electrons. The molecule has 0 aliphatic carbocycles. The van der Waals surface area contributed by atoms with Gasteiger partial charge in [-0.2, -0.15) is 0 Å². The zero-order valence-electron chi connectivity index (χ0n) is 10.7. The maximum Gasteiger partial charge on any atom is 0.161 e. The van der Waals surface area contributed by atoms with Crippen LogP contribution in [0.2, 0.25) is 0 Å². The molecule has 1 heterocycles. The smallest absolute Gasteiger partial charge is 0.161 e. The number of imidazole rings is 1. The van der Waals surface area contributed by atoms with E-state index in [1.807, 2.05) is 30.3 Å². The second kappa shape index (κ2) is 5.02. The average molecular weight is 274 g/mol. The minimum absolute atomic E-state index is 0.372. The molecule has 0 saturated carbocycles. The molecule has 3 aromatic rings. The van der Waals surface area contributed by atoms with Crippen LogP contribution in [0, 0.1) is 11.6 Å². The lowest BCUT2D eigenvalue weighted by Crippen LogP contribution is -2.05. The third kappa shape index (κ3) is 2.16. The van der Waals surface area contributed by atoms with Crippen LogP contribution in [0.25, 0.3) is 11.0 Å². The Labute approximate surface area is 114 Å². The molecule has 0 bridgehead atoms. The number of fused-ring (bicyclic) bond motifs is 1. The highest BCUT2D eigenvalue weighted by Crippen LogP contribution is 2.26. The molecule has 0 unspecified atom stereocenters. The number of aromatic nitrogens is 2. The summed E-state index contributed by atoms with van der Waals surface area (Å²) in [7, 11) is 1.56. The summed E-state index contributed by atoms with van der Waals surface area (Å²) in [6.45, 7) is 0. The van der Waals surface area contributed by atoms with Crippen LogP contribution >= 0.6 is 0 Å². The zero-order valence-corrected chi connectivity index (χ0v) is 10.7. The van der Waals surface area contributed by atoms with Gasteiger partial charge in [-0.05, 0) is 5.56 Å². The van der Waals surface area contributed by atoms with Crippen LogP contribution in [0.15, 0.2) is 42.5 Å². The Morgan fingerprint density at radius 1 is 1.10 bits per heavy atom. The molecule has 0 spiro atoms. The minimum atomic E-state index is -0.913. The van der Waals surface area contributed by atoms with Crippen LogP contribution in [0.1, 0.15) is 17.5 Å². The van der Waals surface area contributed by atoms with E-state index in [-0.39, 0.29) is 0 Å². The summed E-state index contributed by atoms with van der Waals surface area (Å²) in [6, 6.07) is 11.7. The van der Waals surface area contributed by atoms with Gasteiger partial charge in [0.1, 0.15) is 11.9 Å². The van der Waals surface area contributed by atoms with E-state index in [0.717, 1.165) is 17.7 Å². The Kier molecular flexibility index (Phi) is 3.20. The Bertz CT molecular complexity index is 701. The summed E-state index contributed by atoms with van der Waals surface area (Å²) in [5, 5.41) is 0. The van der Waals surface area contributed by atoms with Gasteiger partial charge in [-0.3, -0.25) is 0 Å². The second-order valence-electron chi connectivity index (χ2n) is 4.43.